The zero-order valence-corrected chi connectivity index (χ0v) is 18.1. The first-order valence-electron chi connectivity index (χ1n) is 10.8. The number of benzene rings is 2. The zero-order valence-electron chi connectivity index (χ0n) is 18.1. The Balaban J connectivity index is 1.42. The van der Waals surface area contributed by atoms with E-state index in [9.17, 15) is 0 Å². The molecule has 1 aromatic heterocycles. The van der Waals surface area contributed by atoms with Gasteiger partial charge in [0, 0.05) is 19.2 Å². The summed E-state index contributed by atoms with van der Waals surface area (Å²) in [7, 11) is 2.09. The van der Waals surface area contributed by atoms with Crippen molar-refractivity contribution in [3.63, 3.8) is 0 Å². The van der Waals surface area contributed by atoms with Gasteiger partial charge in [0.15, 0.2) is 0 Å². The maximum Gasteiger partial charge on any atom is 0.203 e. The fourth-order valence-electron chi connectivity index (χ4n) is 4.43. The summed E-state index contributed by atoms with van der Waals surface area (Å²) in [5.41, 5.74) is 3.69. The van der Waals surface area contributed by atoms with E-state index >= 15 is 0 Å². The normalized spacial score (nSPS) is 20.0. The van der Waals surface area contributed by atoms with Gasteiger partial charge in [-0.15, -0.1) is 0 Å². The van der Waals surface area contributed by atoms with Crippen LogP contribution in [0, 0.1) is 11.3 Å². The van der Waals surface area contributed by atoms with Crippen molar-refractivity contribution in [2.75, 3.05) is 5.32 Å². The van der Waals surface area contributed by atoms with Crippen molar-refractivity contribution in [2.24, 2.45) is 18.4 Å². The summed E-state index contributed by atoms with van der Waals surface area (Å²) in [6.07, 6.45) is 5.03. The fourth-order valence-corrected chi connectivity index (χ4v) is 4.43. The summed E-state index contributed by atoms with van der Waals surface area (Å²) in [4.78, 5) is 4.86. The first-order chi connectivity index (χ1) is 13.9. The van der Waals surface area contributed by atoms with Crippen LogP contribution in [-0.4, -0.2) is 15.6 Å². The monoisotopic (exact) mass is 391 g/mol. The molecule has 4 rings (SSSR count). The molecule has 1 heterocycles. The van der Waals surface area contributed by atoms with Gasteiger partial charge in [0.05, 0.1) is 11.0 Å². The number of hydrogen-bond donors (Lipinski definition) is 1. The van der Waals surface area contributed by atoms with Crippen molar-refractivity contribution < 1.29 is 4.74 Å². The zero-order chi connectivity index (χ0) is 20.4. The van der Waals surface area contributed by atoms with Crippen molar-refractivity contribution in [2.45, 2.75) is 59.1 Å². The third-order valence-corrected chi connectivity index (χ3v) is 6.39. The molecule has 0 spiro atoms. The minimum atomic E-state index is 0.416. The van der Waals surface area contributed by atoms with Crippen LogP contribution in [0.25, 0.3) is 11.0 Å². The first-order valence-corrected chi connectivity index (χ1v) is 10.8. The van der Waals surface area contributed by atoms with Crippen LogP contribution in [0.15, 0.2) is 48.5 Å². The van der Waals surface area contributed by atoms with Gasteiger partial charge in [-0.25, -0.2) is 4.98 Å². The lowest BCUT2D eigenvalue weighted by molar-refractivity contribution is 0.173. The van der Waals surface area contributed by atoms with Gasteiger partial charge >= 0.3 is 0 Å². The highest BCUT2D eigenvalue weighted by molar-refractivity contribution is 5.80. The van der Waals surface area contributed by atoms with Gasteiger partial charge in [-0.05, 0) is 54.7 Å². The predicted molar refractivity (Wildman–Crippen MR) is 120 cm³/mol. The average Bonchev–Trinajstić information content (AvgIpc) is 3.02. The molecule has 0 unspecified atom stereocenters. The molecule has 4 nitrogen and oxygen atoms in total. The second-order valence-corrected chi connectivity index (χ2v) is 9.48. The summed E-state index contributed by atoms with van der Waals surface area (Å²) < 4.78 is 8.13. The lowest BCUT2D eigenvalue weighted by Gasteiger charge is -2.37. The summed E-state index contributed by atoms with van der Waals surface area (Å²) in [5.74, 6) is 2.64. The minimum Gasteiger partial charge on any atom is -0.489 e. The summed E-state index contributed by atoms with van der Waals surface area (Å²) >= 11 is 0. The number of imidazole rings is 1. The van der Waals surface area contributed by atoms with E-state index in [-0.39, 0.29) is 0 Å². The Morgan fingerprint density at radius 3 is 2.45 bits per heavy atom. The number of anilines is 1. The van der Waals surface area contributed by atoms with E-state index in [0.29, 0.717) is 18.1 Å². The molecule has 0 radical (unpaired) electrons. The Bertz CT molecular complexity index is 947. The van der Waals surface area contributed by atoms with E-state index in [1.165, 1.54) is 31.2 Å². The van der Waals surface area contributed by atoms with Gasteiger partial charge in [-0.3, -0.25) is 0 Å². The third kappa shape index (κ3) is 4.58. The van der Waals surface area contributed by atoms with Gasteiger partial charge < -0.3 is 14.6 Å². The van der Waals surface area contributed by atoms with Gasteiger partial charge in [0.2, 0.25) is 5.95 Å². The highest BCUT2D eigenvalue weighted by Crippen LogP contribution is 2.38. The molecule has 1 aliphatic rings. The number of hydrogen-bond acceptors (Lipinski definition) is 3. The third-order valence-electron chi connectivity index (χ3n) is 6.39. The maximum absolute atomic E-state index is 5.97. The standard InChI is InChI=1S/C25H33N3O/c1-25(2,3)19-10-12-20(13-11-19)26-24-27-22-16-21(14-15-23(22)28(24)4)29-17-18-8-6-5-7-9-18/h5-9,14-16,19-20H,10-13,17H2,1-4H3,(H,26,27). The van der Waals surface area contributed by atoms with Crippen LogP contribution >= 0.6 is 0 Å². The van der Waals surface area contributed by atoms with Gasteiger partial charge in [-0.1, -0.05) is 51.1 Å². The van der Waals surface area contributed by atoms with Crippen molar-refractivity contribution in [3.8, 4) is 5.75 Å². The minimum absolute atomic E-state index is 0.416. The second-order valence-electron chi connectivity index (χ2n) is 9.48. The van der Waals surface area contributed by atoms with Crippen molar-refractivity contribution in [3.05, 3.63) is 54.1 Å². The molecule has 154 valence electrons. The number of aryl methyl sites for hydroxylation is 1. The van der Waals surface area contributed by atoms with Crippen LogP contribution < -0.4 is 10.1 Å². The molecule has 0 amide bonds. The molecule has 0 bridgehead atoms. The number of rotatable bonds is 5. The van der Waals surface area contributed by atoms with Gasteiger partial charge in [-0.2, -0.15) is 0 Å². The number of nitrogens with zero attached hydrogens (tertiary/aromatic N) is 2. The van der Waals surface area contributed by atoms with Gasteiger partial charge in [0.1, 0.15) is 12.4 Å². The van der Waals surface area contributed by atoms with E-state index in [4.69, 9.17) is 9.72 Å². The van der Waals surface area contributed by atoms with Crippen LogP contribution in [0.2, 0.25) is 0 Å². The fraction of sp³-hybridized carbons (Fsp3) is 0.480. The Morgan fingerprint density at radius 2 is 1.76 bits per heavy atom. The first kappa shape index (κ1) is 19.8. The Labute approximate surface area is 174 Å². The Hall–Kier alpha value is -2.49. The largest absolute Gasteiger partial charge is 0.489 e. The number of ether oxygens (including phenoxy) is 1. The average molecular weight is 392 g/mol. The Kier molecular flexibility index (Phi) is 5.53. The molecule has 1 fully saturated rings. The smallest absolute Gasteiger partial charge is 0.203 e. The number of nitrogens with one attached hydrogen (secondary N) is 1. The second kappa shape index (κ2) is 8.10. The van der Waals surface area contributed by atoms with Crippen molar-refractivity contribution in [1.82, 2.24) is 9.55 Å². The van der Waals surface area contributed by atoms with Gasteiger partial charge in [0.25, 0.3) is 0 Å². The van der Waals surface area contributed by atoms with E-state index in [1.807, 2.05) is 30.3 Å². The molecule has 2 aromatic carbocycles. The molecule has 1 saturated carbocycles. The van der Waals surface area contributed by atoms with Crippen LogP contribution in [0.5, 0.6) is 5.75 Å². The van der Waals surface area contributed by atoms with E-state index in [2.05, 4.69) is 55.9 Å². The van der Waals surface area contributed by atoms with Crippen molar-refractivity contribution in [1.29, 1.82) is 0 Å². The summed E-state index contributed by atoms with van der Waals surface area (Å²) in [6, 6.07) is 16.9. The highest BCUT2D eigenvalue weighted by atomic mass is 16.5. The topological polar surface area (TPSA) is 39.1 Å². The van der Waals surface area contributed by atoms with Crippen LogP contribution in [0.1, 0.15) is 52.0 Å². The molecule has 29 heavy (non-hydrogen) atoms. The molecule has 0 aliphatic heterocycles. The lowest BCUT2D eigenvalue weighted by Crippen LogP contribution is -2.32. The molecule has 0 atom stereocenters. The van der Waals surface area contributed by atoms with E-state index in [0.717, 1.165) is 28.6 Å². The SMILES string of the molecule is Cn1c(NC2CCC(C(C)(C)C)CC2)nc2cc(OCc3ccccc3)ccc21. The van der Waals surface area contributed by atoms with Crippen molar-refractivity contribution >= 4 is 17.0 Å². The van der Waals surface area contributed by atoms with Crippen LogP contribution in [0.3, 0.4) is 0 Å². The molecule has 1 N–H and O–H groups in total. The summed E-state index contributed by atoms with van der Waals surface area (Å²) in [5, 5.41) is 3.70. The van der Waals surface area contributed by atoms with Crippen LogP contribution in [0.4, 0.5) is 5.95 Å². The van der Waals surface area contributed by atoms with E-state index < -0.39 is 0 Å². The quantitative estimate of drug-likeness (QED) is 0.565. The molecule has 1 aliphatic carbocycles. The maximum atomic E-state index is 5.97. The lowest BCUT2D eigenvalue weighted by atomic mass is 9.71. The van der Waals surface area contributed by atoms with Crippen LogP contribution in [-0.2, 0) is 13.7 Å². The molecular weight excluding hydrogens is 358 g/mol. The Morgan fingerprint density at radius 1 is 1.03 bits per heavy atom. The highest BCUT2D eigenvalue weighted by Gasteiger charge is 2.30. The summed E-state index contributed by atoms with van der Waals surface area (Å²) in [6.45, 7) is 7.68. The number of aromatic nitrogens is 2. The predicted octanol–water partition coefficient (Wildman–Crippen LogP) is 6.17. The molecule has 4 heteroatoms. The van der Waals surface area contributed by atoms with E-state index in [1.54, 1.807) is 0 Å². The molecule has 0 saturated heterocycles. The molecule has 3 aromatic rings. The molecular formula is C25H33N3O. The number of fused-ring (bicyclic) bond motifs is 1.